The number of aliphatic hydroxyl groups excluding tert-OH is 1. The van der Waals surface area contributed by atoms with Gasteiger partial charge in [-0.05, 0) is 18.8 Å². The third-order valence-electron chi connectivity index (χ3n) is 3.46. The molecule has 0 aromatic heterocycles. The zero-order chi connectivity index (χ0) is 8.60. The van der Waals surface area contributed by atoms with Gasteiger partial charge in [0.1, 0.15) is 0 Å². The van der Waals surface area contributed by atoms with Crippen molar-refractivity contribution in [2.75, 3.05) is 19.8 Å². The average Bonchev–Trinajstić information content (AvgIpc) is 1.81. The fourth-order valence-electron chi connectivity index (χ4n) is 2.05. The van der Waals surface area contributed by atoms with Crippen LogP contribution in [0.3, 0.4) is 0 Å². The Hall–Kier alpha value is -0.120. The second-order valence-electron chi connectivity index (χ2n) is 4.23. The number of ether oxygens (including phenoxy) is 1. The Balaban J connectivity index is 1.95. The molecule has 3 N–H and O–H groups in total. The van der Waals surface area contributed by atoms with E-state index in [9.17, 15) is 5.11 Å². The monoisotopic (exact) mass is 171 g/mol. The van der Waals surface area contributed by atoms with Crippen molar-refractivity contribution in [3.63, 3.8) is 0 Å². The second kappa shape index (κ2) is 2.98. The molecule has 0 bridgehead atoms. The fraction of sp³-hybridized carbons (Fsp3) is 1.00. The first-order valence-electron chi connectivity index (χ1n) is 4.73. The lowest BCUT2D eigenvalue weighted by molar-refractivity contribution is -0.161. The Bertz CT molecular complexity index is 158. The Labute approximate surface area is 72.9 Å². The van der Waals surface area contributed by atoms with Crippen LogP contribution in [0, 0.1) is 11.3 Å². The molecule has 1 aliphatic heterocycles. The van der Waals surface area contributed by atoms with Gasteiger partial charge in [-0.15, -0.1) is 0 Å². The molecule has 1 aliphatic carbocycles. The highest BCUT2D eigenvalue weighted by atomic mass is 16.5. The molecule has 1 heterocycles. The van der Waals surface area contributed by atoms with Crippen molar-refractivity contribution in [2.24, 2.45) is 17.1 Å². The maximum Gasteiger partial charge on any atom is 0.0582 e. The third kappa shape index (κ3) is 1.08. The standard InChI is InChI=1S/C9H17NO2/c10-8(7-2-1-3-7)9(4-11)5-12-6-9/h7-8,11H,1-6,10H2. The topological polar surface area (TPSA) is 55.5 Å². The van der Waals surface area contributed by atoms with E-state index in [2.05, 4.69) is 0 Å². The van der Waals surface area contributed by atoms with Gasteiger partial charge in [-0.2, -0.15) is 0 Å². The Morgan fingerprint density at radius 1 is 1.50 bits per heavy atom. The van der Waals surface area contributed by atoms with Crippen LogP contribution in [0.1, 0.15) is 19.3 Å². The van der Waals surface area contributed by atoms with Crippen molar-refractivity contribution in [2.45, 2.75) is 25.3 Å². The zero-order valence-electron chi connectivity index (χ0n) is 7.33. The summed E-state index contributed by atoms with van der Waals surface area (Å²) in [6.07, 6.45) is 3.78. The first-order chi connectivity index (χ1) is 5.78. The minimum absolute atomic E-state index is 0.0922. The Morgan fingerprint density at radius 3 is 2.42 bits per heavy atom. The van der Waals surface area contributed by atoms with Gasteiger partial charge in [0.05, 0.1) is 25.2 Å². The van der Waals surface area contributed by atoms with E-state index in [4.69, 9.17) is 10.5 Å². The molecule has 1 atom stereocenters. The summed E-state index contributed by atoms with van der Waals surface area (Å²) in [5, 5.41) is 9.22. The summed E-state index contributed by atoms with van der Waals surface area (Å²) in [4.78, 5) is 0. The zero-order valence-corrected chi connectivity index (χ0v) is 7.33. The number of rotatable bonds is 3. The summed E-state index contributed by atoms with van der Waals surface area (Å²) in [7, 11) is 0. The maximum atomic E-state index is 9.22. The van der Waals surface area contributed by atoms with Crippen LogP contribution in [-0.4, -0.2) is 31.0 Å². The smallest absolute Gasteiger partial charge is 0.0582 e. The molecule has 2 aliphatic rings. The van der Waals surface area contributed by atoms with Gasteiger partial charge in [0.15, 0.2) is 0 Å². The lowest BCUT2D eigenvalue weighted by Crippen LogP contribution is -2.61. The van der Waals surface area contributed by atoms with Crippen LogP contribution in [0.15, 0.2) is 0 Å². The normalized spacial score (nSPS) is 30.5. The van der Waals surface area contributed by atoms with Gasteiger partial charge in [0, 0.05) is 6.04 Å². The molecule has 2 rings (SSSR count). The SMILES string of the molecule is NC(C1CCC1)C1(CO)COC1. The van der Waals surface area contributed by atoms with E-state index < -0.39 is 0 Å². The van der Waals surface area contributed by atoms with Gasteiger partial charge in [-0.1, -0.05) is 6.42 Å². The molecule has 1 saturated carbocycles. The molecule has 2 fully saturated rings. The quantitative estimate of drug-likeness (QED) is 0.634. The minimum atomic E-state index is -0.0922. The molecule has 0 aromatic rings. The highest BCUT2D eigenvalue weighted by Gasteiger charge is 2.47. The van der Waals surface area contributed by atoms with Crippen molar-refractivity contribution in [3.05, 3.63) is 0 Å². The van der Waals surface area contributed by atoms with Crippen LogP contribution in [-0.2, 0) is 4.74 Å². The molecular weight excluding hydrogens is 154 g/mol. The molecular formula is C9H17NO2. The van der Waals surface area contributed by atoms with Gasteiger partial charge in [-0.3, -0.25) is 0 Å². The van der Waals surface area contributed by atoms with E-state index in [0.29, 0.717) is 19.1 Å². The van der Waals surface area contributed by atoms with Crippen LogP contribution in [0.5, 0.6) is 0 Å². The minimum Gasteiger partial charge on any atom is -0.396 e. The number of hydrogen-bond donors (Lipinski definition) is 2. The molecule has 0 spiro atoms. The Morgan fingerprint density at radius 2 is 2.17 bits per heavy atom. The highest BCUT2D eigenvalue weighted by Crippen LogP contribution is 2.40. The van der Waals surface area contributed by atoms with Crippen molar-refractivity contribution in [1.82, 2.24) is 0 Å². The van der Waals surface area contributed by atoms with Crippen molar-refractivity contribution < 1.29 is 9.84 Å². The molecule has 1 unspecified atom stereocenters. The van der Waals surface area contributed by atoms with Gasteiger partial charge in [0.2, 0.25) is 0 Å². The van der Waals surface area contributed by atoms with Gasteiger partial charge in [-0.25, -0.2) is 0 Å². The molecule has 70 valence electrons. The summed E-state index contributed by atoms with van der Waals surface area (Å²) in [5.74, 6) is 0.640. The van der Waals surface area contributed by atoms with Crippen molar-refractivity contribution in [3.8, 4) is 0 Å². The van der Waals surface area contributed by atoms with Crippen molar-refractivity contribution >= 4 is 0 Å². The predicted molar refractivity (Wildman–Crippen MR) is 45.7 cm³/mol. The molecule has 1 saturated heterocycles. The lowest BCUT2D eigenvalue weighted by Gasteiger charge is -2.49. The van der Waals surface area contributed by atoms with E-state index in [1.54, 1.807) is 0 Å². The highest BCUT2D eigenvalue weighted by molar-refractivity contribution is 4.99. The predicted octanol–water partition coefficient (Wildman–Crippen LogP) is 0.123. The average molecular weight is 171 g/mol. The fourth-order valence-corrected chi connectivity index (χ4v) is 2.05. The molecule has 0 radical (unpaired) electrons. The molecule has 3 nitrogen and oxygen atoms in total. The third-order valence-corrected chi connectivity index (χ3v) is 3.46. The number of hydrogen-bond acceptors (Lipinski definition) is 3. The van der Waals surface area contributed by atoms with Crippen LogP contribution in [0.4, 0.5) is 0 Å². The van der Waals surface area contributed by atoms with Crippen LogP contribution >= 0.6 is 0 Å². The van der Waals surface area contributed by atoms with E-state index in [1.807, 2.05) is 0 Å². The summed E-state index contributed by atoms with van der Waals surface area (Å²) in [6, 6.07) is 0.157. The summed E-state index contributed by atoms with van der Waals surface area (Å²) in [6.45, 7) is 1.49. The van der Waals surface area contributed by atoms with Crippen molar-refractivity contribution in [1.29, 1.82) is 0 Å². The van der Waals surface area contributed by atoms with Crippen LogP contribution in [0.2, 0.25) is 0 Å². The van der Waals surface area contributed by atoms with Gasteiger partial charge in [0.25, 0.3) is 0 Å². The van der Waals surface area contributed by atoms with Gasteiger partial charge < -0.3 is 15.6 Å². The van der Waals surface area contributed by atoms with Gasteiger partial charge >= 0.3 is 0 Å². The Kier molecular flexibility index (Phi) is 2.10. The molecule has 3 heteroatoms. The maximum absolute atomic E-state index is 9.22. The number of aliphatic hydroxyl groups is 1. The summed E-state index contributed by atoms with van der Waals surface area (Å²) in [5.41, 5.74) is 6.00. The summed E-state index contributed by atoms with van der Waals surface area (Å²) < 4.78 is 5.13. The molecule has 0 amide bonds. The van der Waals surface area contributed by atoms with Crippen LogP contribution in [0.25, 0.3) is 0 Å². The largest absolute Gasteiger partial charge is 0.396 e. The lowest BCUT2D eigenvalue weighted by atomic mass is 9.67. The van der Waals surface area contributed by atoms with Crippen LogP contribution < -0.4 is 5.73 Å². The first kappa shape index (κ1) is 8.48. The van der Waals surface area contributed by atoms with E-state index in [0.717, 1.165) is 0 Å². The molecule has 0 aromatic carbocycles. The second-order valence-corrected chi connectivity index (χ2v) is 4.23. The van der Waals surface area contributed by atoms with E-state index in [-0.39, 0.29) is 18.1 Å². The number of nitrogens with two attached hydrogens (primary N) is 1. The van der Waals surface area contributed by atoms with E-state index in [1.165, 1.54) is 19.3 Å². The molecule has 12 heavy (non-hydrogen) atoms. The van der Waals surface area contributed by atoms with E-state index >= 15 is 0 Å². The summed E-state index contributed by atoms with van der Waals surface area (Å²) >= 11 is 0. The first-order valence-corrected chi connectivity index (χ1v) is 4.73.